The zero-order chi connectivity index (χ0) is 17.4. The molecular formula is C17H24N2O5. The van der Waals surface area contributed by atoms with Gasteiger partial charge in [0.25, 0.3) is 0 Å². The van der Waals surface area contributed by atoms with Crippen LogP contribution in [0.5, 0.6) is 0 Å². The number of hydrogen-bond donors (Lipinski definition) is 2. The van der Waals surface area contributed by atoms with Gasteiger partial charge in [-0.3, -0.25) is 4.79 Å². The fourth-order valence-corrected chi connectivity index (χ4v) is 2.84. The van der Waals surface area contributed by atoms with Crippen molar-refractivity contribution in [3.05, 3.63) is 35.9 Å². The van der Waals surface area contributed by atoms with Crippen LogP contribution < -0.4 is 5.32 Å². The highest BCUT2D eigenvalue weighted by Gasteiger charge is 2.36. The SMILES string of the molecule is COC(=O)[C@H]1CN(CCO)CC[C@H]1NC(=O)OCc1ccccc1. The molecule has 1 aromatic rings. The standard InChI is InChI=1S/C17H24N2O5/c1-23-16(21)14-11-19(9-10-20)8-7-15(14)18-17(22)24-12-13-5-3-2-4-6-13/h2-6,14-15,20H,7-12H2,1H3,(H,18,22)/t14-,15+/m0/s1. The van der Waals surface area contributed by atoms with Gasteiger partial charge in [0.1, 0.15) is 6.61 Å². The summed E-state index contributed by atoms with van der Waals surface area (Å²) in [6.07, 6.45) is 0.0496. The number of esters is 1. The van der Waals surface area contributed by atoms with E-state index in [1.165, 1.54) is 7.11 Å². The molecule has 1 aliphatic heterocycles. The van der Waals surface area contributed by atoms with Crippen molar-refractivity contribution in [2.75, 3.05) is 33.4 Å². The first-order chi connectivity index (χ1) is 11.6. The number of amides is 1. The first kappa shape index (κ1) is 18.2. The van der Waals surface area contributed by atoms with Gasteiger partial charge in [-0.05, 0) is 12.0 Å². The Bertz CT molecular complexity index is 537. The Hall–Kier alpha value is -2.12. The van der Waals surface area contributed by atoms with E-state index >= 15 is 0 Å². The maximum absolute atomic E-state index is 12.0. The molecule has 7 heteroatoms. The van der Waals surface area contributed by atoms with Crippen molar-refractivity contribution >= 4 is 12.1 Å². The van der Waals surface area contributed by atoms with Crippen LogP contribution >= 0.6 is 0 Å². The molecule has 1 fully saturated rings. The second-order valence-corrected chi connectivity index (χ2v) is 5.76. The summed E-state index contributed by atoms with van der Waals surface area (Å²) in [5.74, 6) is -0.842. The molecule has 1 aromatic carbocycles. The third kappa shape index (κ3) is 5.21. The number of carbonyl (C=O) groups is 2. The molecule has 24 heavy (non-hydrogen) atoms. The van der Waals surface area contributed by atoms with Crippen LogP contribution in [-0.2, 0) is 20.9 Å². The molecule has 2 rings (SSSR count). The quantitative estimate of drug-likeness (QED) is 0.746. The van der Waals surface area contributed by atoms with Gasteiger partial charge < -0.3 is 24.8 Å². The smallest absolute Gasteiger partial charge is 0.407 e. The molecule has 0 aromatic heterocycles. The number of carbonyl (C=O) groups excluding carboxylic acids is 2. The van der Waals surface area contributed by atoms with E-state index in [0.29, 0.717) is 26.1 Å². The van der Waals surface area contributed by atoms with Crippen LogP contribution in [0, 0.1) is 5.92 Å². The summed E-state index contributed by atoms with van der Waals surface area (Å²) in [6.45, 7) is 1.84. The van der Waals surface area contributed by atoms with Crippen molar-refractivity contribution in [1.82, 2.24) is 10.2 Å². The lowest BCUT2D eigenvalue weighted by Crippen LogP contribution is -2.54. The summed E-state index contributed by atoms with van der Waals surface area (Å²) < 4.78 is 10.0. The van der Waals surface area contributed by atoms with Gasteiger partial charge in [0.2, 0.25) is 0 Å². The number of ether oxygens (including phenoxy) is 2. The largest absolute Gasteiger partial charge is 0.469 e. The summed E-state index contributed by atoms with van der Waals surface area (Å²) >= 11 is 0. The maximum Gasteiger partial charge on any atom is 0.407 e. The summed E-state index contributed by atoms with van der Waals surface area (Å²) in [5.41, 5.74) is 0.898. The zero-order valence-corrected chi connectivity index (χ0v) is 13.8. The van der Waals surface area contributed by atoms with E-state index < -0.39 is 12.0 Å². The molecule has 1 amide bonds. The Kier molecular flexibility index (Phi) is 7.02. The summed E-state index contributed by atoms with van der Waals surface area (Å²) in [5, 5.41) is 11.8. The van der Waals surface area contributed by atoms with E-state index in [1.807, 2.05) is 35.2 Å². The number of likely N-dealkylation sites (tertiary alicyclic amines) is 1. The van der Waals surface area contributed by atoms with Crippen LogP contribution in [0.25, 0.3) is 0 Å². The molecule has 0 bridgehead atoms. The third-order valence-electron chi connectivity index (χ3n) is 4.13. The second kappa shape index (κ2) is 9.24. The summed E-state index contributed by atoms with van der Waals surface area (Å²) in [7, 11) is 1.33. The average molecular weight is 336 g/mol. The molecule has 1 saturated heterocycles. The number of rotatable bonds is 6. The van der Waals surface area contributed by atoms with Gasteiger partial charge >= 0.3 is 12.1 Å². The Balaban J connectivity index is 1.88. The zero-order valence-electron chi connectivity index (χ0n) is 13.8. The van der Waals surface area contributed by atoms with Gasteiger partial charge in [0.15, 0.2) is 0 Å². The van der Waals surface area contributed by atoms with Gasteiger partial charge in [0.05, 0.1) is 19.6 Å². The van der Waals surface area contributed by atoms with E-state index in [0.717, 1.165) is 5.56 Å². The molecule has 0 unspecified atom stereocenters. The van der Waals surface area contributed by atoms with Crippen molar-refractivity contribution in [2.24, 2.45) is 5.92 Å². The average Bonchev–Trinajstić information content (AvgIpc) is 2.61. The topological polar surface area (TPSA) is 88.1 Å². The predicted molar refractivity (Wildman–Crippen MR) is 87.2 cm³/mol. The number of nitrogens with one attached hydrogen (secondary N) is 1. The number of β-amino-alcohol motifs (C(OH)–C–C–N with tert-alkyl or cyclic N) is 1. The molecule has 0 saturated carbocycles. The van der Waals surface area contributed by atoms with Crippen LogP contribution in [0.4, 0.5) is 4.79 Å². The Morgan fingerprint density at radius 1 is 1.33 bits per heavy atom. The number of benzene rings is 1. The minimum Gasteiger partial charge on any atom is -0.469 e. The number of nitrogens with zero attached hydrogens (tertiary/aromatic N) is 1. The van der Waals surface area contributed by atoms with Crippen LogP contribution in [0.3, 0.4) is 0 Å². The number of hydrogen-bond acceptors (Lipinski definition) is 6. The molecule has 0 spiro atoms. The number of aliphatic hydroxyl groups excluding tert-OH is 1. The fourth-order valence-electron chi connectivity index (χ4n) is 2.84. The van der Waals surface area contributed by atoms with Crippen molar-refractivity contribution in [3.63, 3.8) is 0 Å². The minimum absolute atomic E-state index is 0.0328. The van der Waals surface area contributed by atoms with Gasteiger partial charge in [-0.15, -0.1) is 0 Å². The Labute approximate surface area is 141 Å². The van der Waals surface area contributed by atoms with E-state index in [-0.39, 0.29) is 25.2 Å². The van der Waals surface area contributed by atoms with Crippen LogP contribution in [0.2, 0.25) is 0 Å². The van der Waals surface area contributed by atoms with Gasteiger partial charge in [-0.1, -0.05) is 30.3 Å². The Morgan fingerprint density at radius 3 is 2.75 bits per heavy atom. The third-order valence-corrected chi connectivity index (χ3v) is 4.13. The number of alkyl carbamates (subject to hydrolysis) is 1. The predicted octanol–water partition coefficient (Wildman–Crippen LogP) is 0.769. The van der Waals surface area contributed by atoms with E-state index in [1.54, 1.807) is 0 Å². The lowest BCUT2D eigenvalue weighted by Gasteiger charge is -2.36. The molecule has 1 aliphatic rings. The molecule has 1 heterocycles. The van der Waals surface area contributed by atoms with Crippen molar-refractivity contribution in [2.45, 2.75) is 19.1 Å². The van der Waals surface area contributed by atoms with E-state index in [4.69, 9.17) is 14.6 Å². The van der Waals surface area contributed by atoms with Crippen molar-refractivity contribution in [1.29, 1.82) is 0 Å². The first-order valence-electron chi connectivity index (χ1n) is 8.02. The molecule has 0 aliphatic carbocycles. The van der Waals surface area contributed by atoms with Crippen LogP contribution in [0.1, 0.15) is 12.0 Å². The van der Waals surface area contributed by atoms with Gasteiger partial charge in [-0.25, -0.2) is 4.79 Å². The normalized spacial score (nSPS) is 21.1. The number of aliphatic hydroxyl groups is 1. The lowest BCUT2D eigenvalue weighted by molar-refractivity contribution is -0.148. The summed E-state index contributed by atoms with van der Waals surface area (Å²) in [4.78, 5) is 26.0. The molecular weight excluding hydrogens is 312 g/mol. The van der Waals surface area contributed by atoms with Crippen LogP contribution in [0.15, 0.2) is 30.3 Å². The minimum atomic E-state index is -0.548. The van der Waals surface area contributed by atoms with E-state index in [2.05, 4.69) is 5.32 Å². The molecule has 2 atom stereocenters. The fraction of sp³-hybridized carbons (Fsp3) is 0.529. The first-order valence-corrected chi connectivity index (χ1v) is 8.02. The molecule has 2 N–H and O–H groups in total. The van der Waals surface area contributed by atoms with Crippen molar-refractivity contribution in [3.8, 4) is 0 Å². The second-order valence-electron chi connectivity index (χ2n) is 5.76. The molecule has 7 nitrogen and oxygen atoms in total. The van der Waals surface area contributed by atoms with Crippen molar-refractivity contribution < 1.29 is 24.2 Å². The number of methoxy groups -OCH3 is 1. The maximum atomic E-state index is 12.0. The molecule has 0 radical (unpaired) electrons. The number of piperidine rings is 1. The highest BCUT2D eigenvalue weighted by atomic mass is 16.5. The van der Waals surface area contributed by atoms with Crippen LogP contribution in [-0.4, -0.2) is 61.5 Å². The highest BCUT2D eigenvalue weighted by Crippen LogP contribution is 2.19. The summed E-state index contributed by atoms with van der Waals surface area (Å²) in [6, 6.07) is 9.05. The lowest BCUT2D eigenvalue weighted by atomic mass is 9.92. The van der Waals surface area contributed by atoms with Gasteiger partial charge in [0, 0.05) is 25.7 Å². The van der Waals surface area contributed by atoms with E-state index in [9.17, 15) is 9.59 Å². The Morgan fingerprint density at radius 2 is 2.08 bits per heavy atom. The highest BCUT2D eigenvalue weighted by molar-refractivity contribution is 5.75. The monoisotopic (exact) mass is 336 g/mol. The molecule has 132 valence electrons. The van der Waals surface area contributed by atoms with Gasteiger partial charge in [-0.2, -0.15) is 0 Å².